The van der Waals surface area contributed by atoms with Gasteiger partial charge in [-0.2, -0.15) is 0 Å². The van der Waals surface area contributed by atoms with Gasteiger partial charge in [-0.05, 0) is 70.7 Å². The Morgan fingerprint density at radius 2 is 1.88 bits per heavy atom. The Hall–Kier alpha value is -1.07. The van der Waals surface area contributed by atoms with Gasteiger partial charge in [-0.25, -0.2) is 4.79 Å². The van der Waals surface area contributed by atoms with Gasteiger partial charge in [0.05, 0.1) is 0 Å². The maximum absolute atomic E-state index is 12.1. The molecule has 1 aromatic rings. The third kappa shape index (κ3) is 6.10. The minimum atomic E-state index is -0.421. The predicted molar refractivity (Wildman–Crippen MR) is 101 cm³/mol. The van der Waals surface area contributed by atoms with Crippen LogP contribution < -0.4 is 5.32 Å². The average molecular weight is 397 g/mol. The number of carbonyl (C=O) groups excluding carboxylic acids is 1. The minimum absolute atomic E-state index is 0.183. The van der Waals surface area contributed by atoms with Crippen molar-refractivity contribution >= 4 is 22.0 Å². The van der Waals surface area contributed by atoms with Crippen LogP contribution in [0.2, 0.25) is 0 Å². The predicted octanol–water partition coefficient (Wildman–Crippen LogP) is 4.75. The molecule has 1 aliphatic rings. The Balaban J connectivity index is 1.73. The van der Waals surface area contributed by atoms with Crippen molar-refractivity contribution in [3.05, 3.63) is 34.3 Å². The average Bonchev–Trinajstić information content (AvgIpc) is 2.52. The molecule has 134 valence electrons. The molecule has 2 rings (SSSR count). The number of piperidine rings is 1. The number of likely N-dealkylation sites (tertiary alicyclic amines) is 1. The number of rotatable bonds is 4. The van der Waals surface area contributed by atoms with Crippen LogP contribution in [0.3, 0.4) is 0 Å². The smallest absolute Gasteiger partial charge is 0.410 e. The van der Waals surface area contributed by atoms with Crippen LogP contribution in [0.15, 0.2) is 28.7 Å². The first-order valence-corrected chi connectivity index (χ1v) is 9.50. The van der Waals surface area contributed by atoms with E-state index in [1.165, 1.54) is 5.56 Å². The van der Waals surface area contributed by atoms with Gasteiger partial charge in [-0.1, -0.05) is 28.1 Å². The van der Waals surface area contributed by atoms with Gasteiger partial charge < -0.3 is 15.0 Å². The second kappa shape index (κ2) is 8.34. The zero-order valence-corrected chi connectivity index (χ0v) is 16.7. The number of amides is 1. The normalized spacial score (nSPS) is 17.6. The van der Waals surface area contributed by atoms with Gasteiger partial charge in [-0.3, -0.25) is 0 Å². The van der Waals surface area contributed by atoms with Crippen molar-refractivity contribution in [2.24, 2.45) is 5.92 Å². The van der Waals surface area contributed by atoms with Gasteiger partial charge in [0.25, 0.3) is 0 Å². The molecular weight excluding hydrogens is 368 g/mol. The third-order valence-electron chi connectivity index (χ3n) is 4.35. The van der Waals surface area contributed by atoms with E-state index in [0.29, 0.717) is 12.0 Å². The number of hydrogen-bond donors (Lipinski definition) is 1. The zero-order chi connectivity index (χ0) is 17.7. The number of ether oxygens (including phenoxy) is 1. The van der Waals surface area contributed by atoms with Crippen LogP contribution in [0.5, 0.6) is 0 Å². The summed E-state index contributed by atoms with van der Waals surface area (Å²) in [6.07, 6.45) is 1.87. The first kappa shape index (κ1) is 19.3. The second-order valence-electron chi connectivity index (χ2n) is 7.59. The SMILES string of the molecule is CC(NCC1CCN(C(=O)OC(C)(C)C)CC1)c1ccc(Br)cc1. The lowest BCUT2D eigenvalue weighted by molar-refractivity contribution is 0.0183. The summed E-state index contributed by atoms with van der Waals surface area (Å²) >= 11 is 3.47. The quantitative estimate of drug-likeness (QED) is 0.798. The Morgan fingerprint density at radius 1 is 1.29 bits per heavy atom. The molecule has 4 nitrogen and oxygen atoms in total. The van der Waals surface area contributed by atoms with Crippen LogP contribution >= 0.6 is 15.9 Å². The van der Waals surface area contributed by atoms with E-state index < -0.39 is 5.60 Å². The number of hydrogen-bond acceptors (Lipinski definition) is 3. The van der Waals surface area contributed by atoms with Gasteiger partial charge in [-0.15, -0.1) is 0 Å². The van der Waals surface area contributed by atoms with E-state index in [4.69, 9.17) is 4.74 Å². The minimum Gasteiger partial charge on any atom is -0.444 e. The Labute approximate surface area is 154 Å². The lowest BCUT2D eigenvalue weighted by Crippen LogP contribution is -2.43. The van der Waals surface area contributed by atoms with Crippen molar-refractivity contribution in [3.8, 4) is 0 Å². The molecule has 1 fully saturated rings. The highest BCUT2D eigenvalue weighted by Gasteiger charge is 2.26. The van der Waals surface area contributed by atoms with Crippen molar-refractivity contribution in [2.75, 3.05) is 19.6 Å². The van der Waals surface area contributed by atoms with Crippen molar-refractivity contribution in [2.45, 2.75) is 52.2 Å². The standard InChI is InChI=1S/C19H29BrN2O2/c1-14(16-5-7-17(20)8-6-16)21-13-15-9-11-22(12-10-15)18(23)24-19(2,3)4/h5-8,14-15,21H,9-13H2,1-4H3. The molecule has 0 bridgehead atoms. The molecule has 5 heteroatoms. The number of nitrogens with zero attached hydrogens (tertiary/aromatic N) is 1. The molecule has 24 heavy (non-hydrogen) atoms. The number of halogens is 1. The molecule has 1 atom stereocenters. The van der Waals surface area contributed by atoms with E-state index in [1.807, 2.05) is 25.7 Å². The lowest BCUT2D eigenvalue weighted by Gasteiger charge is -2.34. The van der Waals surface area contributed by atoms with Crippen LogP contribution in [-0.4, -0.2) is 36.2 Å². The molecular formula is C19H29BrN2O2. The molecule has 1 heterocycles. The fraction of sp³-hybridized carbons (Fsp3) is 0.632. The Bertz CT molecular complexity index is 531. The molecule has 0 aromatic heterocycles. The van der Waals surface area contributed by atoms with Gasteiger partial charge in [0, 0.05) is 23.6 Å². The molecule has 1 aromatic carbocycles. The summed E-state index contributed by atoms with van der Waals surface area (Å²) in [4.78, 5) is 13.9. The van der Waals surface area contributed by atoms with Crippen LogP contribution in [0.4, 0.5) is 4.79 Å². The van der Waals surface area contributed by atoms with Gasteiger partial charge in [0.15, 0.2) is 0 Å². The lowest BCUT2D eigenvalue weighted by atomic mass is 9.96. The van der Waals surface area contributed by atoms with E-state index in [9.17, 15) is 4.79 Å². The first-order valence-electron chi connectivity index (χ1n) is 8.71. The molecule has 0 spiro atoms. The zero-order valence-electron chi connectivity index (χ0n) is 15.1. The molecule has 1 saturated heterocycles. The van der Waals surface area contributed by atoms with Crippen LogP contribution in [0.25, 0.3) is 0 Å². The molecule has 1 N–H and O–H groups in total. The van der Waals surface area contributed by atoms with Crippen molar-refractivity contribution in [1.82, 2.24) is 10.2 Å². The van der Waals surface area contributed by atoms with Gasteiger partial charge in [0.2, 0.25) is 0 Å². The maximum atomic E-state index is 12.1. The summed E-state index contributed by atoms with van der Waals surface area (Å²) in [6.45, 7) is 10.5. The summed E-state index contributed by atoms with van der Waals surface area (Å²) in [5.74, 6) is 0.613. The third-order valence-corrected chi connectivity index (χ3v) is 4.88. The summed E-state index contributed by atoms with van der Waals surface area (Å²) < 4.78 is 6.55. The Morgan fingerprint density at radius 3 is 2.42 bits per heavy atom. The van der Waals surface area contributed by atoms with E-state index in [2.05, 4.69) is 52.4 Å². The fourth-order valence-corrected chi connectivity index (χ4v) is 3.12. The monoisotopic (exact) mass is 396 g/mol. The molecule has 1 amide bonds. The van der Waals surface area contributed by atoms with E-state index >= 15 is 0 Å². The fourth-order valence-electron chi connectivity index (χ4n) is 2.86. The Kier molecular flexibility index (Phi) is 6.70. The summed E-state index contributed by atoms with van der Waals surface area (Å²) in [5, 5.41) is 3.62. The largest absolute Gasteiger partial charge is 0.444 e. The molecule has 0 aliphatic carbocycles. The van der Waals surface area contributed by atoms with Crippen LogP contribution in [0, 0.1) is 5.92 Å². The van der Waals surface area contributed by atoms with Crippen molar-refractivity contribution < 1.29 is 9.53 Å². The summed E-state index contributed by atoms with van der Waals surface area (Å²) in [7, 11) is 0. The van der Waals surface area contributed by atoms with Gasteiger partial charge >= 0.3 is 6.09 Å². The van der Waals surface area contributed by atoms with Gasteiger partial charge in [0.1, 0.15) is 5.60 Å². The number of carbonyl (C=O) groups is 1. The summed E-state index contributed by atoms with van der Waals surface area (Å²) in [6, 6.07) is 8.78. The van der Waals surface area contributed by atoms with Crippen LogP contribution in [0.1, 0.15) is 52.1 Å². The molecule has 0 radical (unpaired) electrons. The van der Waals surface area contributed by atoms with Crippen molar-refractivity contribution in [3.63, 3.8) is 0 Å². The summed E-state index contributed by atoms with van der Waals surface area (Å²) in [5.41, 5.74) is 0.875. The first-order chi connectivity index (χ1) is 11.2. The number of nitrogens with one attached hydrogen (secondary N) is 1. The highest BCUT2D eigenvalue weighted by atomic mass is 79.9. The van der Waals surface area contributed by atoms with Crippen LogP contribution in [-0.2, 0) is 4.74 Å². The van der Waals surface area contributed by atoms with E-state index in [1.54, 1.807) is 0 Å². The molecule has 1 unspecified atom stereocenters. The topological polar surface area (TPSA) is 41.6 Å². The highest BCUT2D eigenvalue weighted by Crippen LogP contribution is 2.21. The van der Waals surface area contributed by atoms with Crippen molar-refractivity contribution in [1.29, 1.82) is 0 Å². The molecule has 0 saturated carbocycles. The number of benzene rings is 1. The molecule has 1 aliphatic heterocycles. The second-order valence-corrected chi connectivity index (χ2v) is 8.51. The van der Waals surface area contributed by atoms with E-state index in [0.717, 1.165) is 36.9 Å². The maximum Gasteiger partial charge on any atom is 0.410 e. The van der Waals surface area contributed by atoms with E-state index in [-0.39, 0.29) is 6.09 Å². The highest BCUT2D eigenvalue weighted by molar-refractivity contribution is 9.10.